The highest BCUT2D eigenvalue weighted by Gasteiger charge is 2.18. The smallest absolute Gasteiger partial charge is 0.262 e. The van der Waals surface area contributed by atoms with Crippen molar-refractivity contribution in [3.05, 3.63) is 53.6 Å². The highest BCUT2D eigenvalue weighted by molar-refractivity contribution is 5.95. The normalized spacial score (nSPS) is 13.9. The predicted molar refractivity (Wildman–Crippen MR) is 93.8 cm³/mol. The van der Waals surface area contributed by atoms with Crippen LogP contribution >= 0.6 is 0 Å². The number of hydrogen-bond donors (Lipinski definition) is 2. The van der Waals surface area contributed by atoms with E-state index in [-0.39, 0.29) is 30.9 Å². The topological polar surface area (TPSA) is 76.7 Å². The molecule has 0 fully saturated rings. The maximum absolute atomic E-state index is 12.3. The Bertz CT molecular complexity index is 804. The molecule has 0 radical (unpaired) electrons. The molecule has 2 aromatic rings. The lowest BCUT2D eigenvalue weighted by Crippen LogP contribution is -2.29. The molecule has 25 heavy (non-hydrogen) atoms. The first-order valence-corrected chi connectivity index (χ1v) is 8.04. The molecule has 0 aliphatic carbocycles. The summed E-state index contributed by atoms with van der Waals surface area (Å²) in [6, 6.07) is 12.7. The number of benzene rings is 2. The molecule has 2 amide bonds. The second-order valence-electron chi connectivity index (χ2n) is 5.91. The van der Waals surface area contributed by atoms with Gasteiger partial charge in [-0.1, -0.05) is 18.2 Å². The zero-order valence-electron chi connectivity index (χ0n) is 14.2. The van der Waals surface area contributed by atoms with Crippen LogP contribution in [0.2, 0.25) is 0 Å². The molecule has 0 saturated heterocycles. The number of hydrogen-bond acceptors (Lipinski definition) is 4. The van der Waals surface area contributed by atoms with Crippen LogP contribution in [0, 0.1) is 0 Å². The maximum Gasteiger partial charge on any atom is 0.262 e. The van der Waals surface area contributed by atoms with E-state index < -0.39 is 0 Å². The van der Waals surface area contributed by atoms with Crippen molar-refractivity contribution in [3.8, 4) is 11.5 Å². The van der Waals surface area contributed by atoms with Gasteiger partial charge in [0, 0.05) is 0 Å². The van der Waals surface area contributed by atoms with E-state index >= 15 is 0 Å². The van der Waals surface area contributed by atoms with E-state index in [0.29, 0.717) is 11.4 Å². The lowest BCUT2D eigenvalue weighted by atomic mass is 10.1. The van der Waals surface area contributed by atoms with Crippen molar-refractivity contribution in [2.24, 2.45) is 0 Å². The molecule has 0 spiro atoms. The van der Waals surface area contributed by atoms with Crippen molar-refractivity contribution in [1.29, 1.82) is 0 Å². The van der Waals surface area contributed by atoms with Crippen LogP contribution in [0.25, 0.3) is 0 Å². The molecule has 1 heterocycles. The van der Waals surface area contributed by atoms with Gasteiger partial charge in [-0.05, 0) is 42.3 Å². The van der Waals surface area contributed by atoms with Crippen molar-refractivity contribution in [2.45, 2.75) is 19.4 Å². The van der Waals surface area contributed by atoms with Crippen molar-refractivity contribution in [2.75, 3.05) is 19.0 Å². The highest BCUT2D eigenvalue weighted by Crippen LogP contribution is 2.30. The first kappa shape index (κ1) is 16.8. The Hall–Kier alpha value is -3.02. The molecule has 1 aliphatic rings. The van der Waals surface area contributed by atoms with Crippen LogP contribution in [-0.4, -0.2) is 25.5 Å². The first-order valence-electron chi connectivity index (χ1n) is 8.04. The lowest BCUT2D eigenvalue weighted by molar-refractivity contribution is -0.121. The van der Waals surface area contributed by atoms with Gasteiger partial charge in [-0.25, -0.2) is 0 Å². The third kappa shape index (κ3) is 4.09. The number of ether oxygens (including phenoxy) is 2. The van der Waals surface area contributed by atoms with Gasteiger partial charge in [0.15, 0.2) is 6.61 Å². The monoisotopic (exact) mass is 340 g/mol. The SMILES string of the molecule is COc1cccc(CC(=O)NC(C)c2ccc3c(c2)NC(=O)CO3)c1. The summed E-state index contributed by atoms with van der Waals surface area (Å²) in [4.78, 5) is 23.7. The molecule has 0 saturated carbocycles. The van der Waals surface area contributed by atoms with E-state index in [1.807, 2.05) is 43.3 Å². The van der Waals surface area contributed by atoms with Crippen LogP contribution in [0.5, 0.6) is 11.5 Å². The highest BCUT2D eigenvalue weighted by atomic mass is 16.5. The van der Waals surface area contributed by atoms with Crippen molar-refractivity contribution in [1.82, 2.24) is 5.32 Å². The Morgan fingerprint density at radius 1 is 1.32 bits per heavy atom. The van der Waals surface area contributed by atoms with Gasteiger partial charge in [0.25, 0.3) is 5.91 Å². The van der Waals surface area contributed by atoms with Gasteiger partial charge in [-0.2, -0.15) is 0 Å². The third-order valence-corrected chi connectivity index (χ3v) is 4.01. The largest absolute Gasteiger partial charge is 0.497 e. The van der Waals surface area contributed by atoms with Gasteiger partial charge in [0.2, 0.25) is 5.91 Å². The number of nitrogens with one attached hydrogen (secondary N) is 2. The Labute approximate surface area is 146 Å². The number of carbonyl (C=O) groups is 2. The molecule has 2 aromatic carbocycles. The van der Waals surface area contributed by atoms with Crippen LogP contribution in [0.15, 0.2) is 42.5 Å². The summed E-state index contributed by atoms with van der Waals surface area (Å²) < 4.78 is 10.5. The molecule has 3 rings (SSSR count). The van der Waals surface area contributed by atoms with Crippen molar-refractivity contribution < 1.29 is 19.1 Å². The summed E-state index contributed by atoms with van der Waals surface area (Å²) in [5.74, 6) is 1.10. The molecular weight excluding hydrogens is 320 g/mol. The predicted octanol–water partition coefficient (Wildman–Crippen LogP) is 2.45. The van der Waals surface area contributed by atoms with Crippen LogP contribution in [0.1, 0.15) is 24.1 Å². The number of amides is 2. The fourth-order valence-electron chi connectivity index (χ4n) is 2.71. The van der Waals surface area contributed by atoms with E-state index in [1.54, 1.807) is 13.2 Å². The van der Waals surface area contributed by atoms with Crippen LogP contribution in [-0.2, 0) is 16.0 Å². The number of carbonyl (C=O) groups excluding carboxylic acids is 2. The van der Waals surface area contributed by atoms with E-state index in [9.17, 15) is 9.59 Å². The van der Waals surface area contributed by atoms with Crippen LogP contribution in [0.4, 0.5) is 5.69 Å². The number of methoxy groups -OCH3 is 1. The Kier molecular flexibility index (Phi) is 4.88. The summed E-state index contributed by atoms with van der Waals surface area (Å²) in [6.45, 7) is 1.93. The molecular formula is C19H20N2O4. The second kappa shape index (κ2) is 7.25. The number of rotatable bonds is 5. The summed E-state index contributed by atoms with van der Waals surface area (Å²) in [5, 5.41) is 5.74. The van der Waals surface area contributed by atoms with Gasteiger partial charge in [0.05, 0.1) is 25.3 Å². The molecule has 1 atom stereocenters. The molecule has 1 aliphatic heterocycles. The summed E-state index contributed by atoms with van der Waals surface area (Å²) in [6.07, 6.45) is 0.270. The van der Waals surface area contributed by atoms with Gasteiger partial charge in [0.1, 0.15) is 11.5 Å². The average molecular weight is 340 g/mol. The van der Waals surface area contributed by atoms with E-state index in [4.69, 9.17) is 9.47 Å². The van der Waals surface area contributed by atoms with E-state index in [2.05, 4.69) is 10.6 Å². The molecule has 0 bridgehead atoms. The fraction of sp³-hybridized carbons (Fsp3) is 0.263. The van der Waals surface area contributed by atoms with Gasteiger partial charge >= 0.3 is 0 Å². The minimum atomic E-state index is -0.192. The number of fused-ring (bicyclic) bond motifs is 1. The van der Waals surface area contributed by atoms with Gasteiger partial charge in [-0.3, -0.25) is 9.59 Å². The summed E-state index contributed by atoms with van der Waals surface area (Å²) >= 11 is 0. The quantitative estimate of drug-likeness (QED) is 0.876. The Morgan fingerprint density at radius 2 is 2.16 bits per heavy atom. The molecule has 130 valence electrons. The Morgan fingerprint density at radius 3 is 2.96 bits per heavy atom. The van der Waals surface area contributed by atoms with Gasteiger partial charge < -0.3 is 20.1 Å². The molecule has 6 nitrogen and oxygen atoms in total. The summed E-state index contributed by atoms with van der Waals surface area (Å²) in [7, 11) is 1.60. The number of anilines is 1. The van der Waals surface area contributed by atoms with Crippen molar-refractivity contribution >= 4 is 17.5 Å². The second-order valence-corrected chi connectivity index (χ2v) is 5.91. The average Bonchev–Trinajstić information content (AvgIpc) is 2.61. The van der Waals surface area contributed by atoms with Crippen LogP contribution < -0.4 is 20.1 Å². The zero-order valence-corrected chi connectivity index (χ0v) is 14.2. The fourth-order valence-corrected chi connectivity index (χ4v) is 2.71. The lowest BCUT2D eigenvalue weighted by Gasteiger charge is -2.21. The molecule has 2 N–H and O–H groups in total. The maximum atomic E-state index is 12.3. The zero-order chi connectivity index (χ0) is 17.8. The van der Waals surface area contributed by atoms with Crippen molar-refractivity contribution in [3.63, 3.8) is 0 Å². The van der Waals surface area contributed by atoms with Gasteiger partial charge in [-0.15, -0.1) is 0 Å². The molecule has 1 unspecified atom stereocenters. The van der Waals surface area contributed by atoms with E-state index in [1.165, 1.54) is 0 Å². The van der Waals surface area contributed by atoms with E-state index in [0.717, 1.165) is 16.9 Å². The summed E-state index contributed by atoms with van der Waals surface area (Å²) in [5.41, 5.74) is 2.40. The minimum Gasteiger partial charge on any atom is -0.497 e. The minimum absolute atomic E-state index is 0.0270. The first-order chi connectivity index (χ1) is 12.0. The molecule has 0 aromatic heterocycles. The standard InChI is InChI=1S/C19H20N2O4/c1-12(14-6-7-17-16(10-14)21-19(23)11-25-17)20-18(22)9-13-4-3-5-15(8-13)24-2/h3-8,10,12H,9,11H2,1-2H3,(H,20,22)(H,21,23). The third-order valence-electron chi connectivity index (χ3n) is 4.01. The Balaban J connectivity index is 1.65. The molecule has 6 heteroatoms. The van der Waals surface area contributed by atoms with Crippen LogP contribution in [0.3, 0.4) is 0 Å².